The first kappa shape index (κ1) is 14.1. The van der Waals surface area contributed by atoms with Crippen LogP contribution in [0.25, 0.3) is 5.78 Å². The van der Waals surface area contributed by atoms with Gasteiger partial charge in [0, 0.05) is 25.5 Å². The minimum Gasteiger partial charge on any atom is -0.335 e. The van der Waals surface area contributed by atoms with Crippen molar-refractivity contribution < 1.29 is 9.18 Å². The standard InChI is InChI=1S/C15H14FN5O/c1-10-7-8-17-15-18-13(19-21(10)15)14(22)20(2)9-11-3-5-12(16)6-4-11/h3-8H,9H2,1-2H3. The Hall–Kier alpha value is -2.83. The van der Waals surface area contributed by atoms with Crippen LogP contribution in [0.15, 0.2) is 36.5 Å². The highest BCUT2D eigenvalue weighted by molar-refractivity contribution is 5.90. The first-order valence-electron chi connectivity index (χ1n) is 6.73. The summed E-state index contributed by atoms with van der Waals surface area (Å²) >= 11 is 0. The van der Waals surface area contributed by atoms with Crippen molar-refractivity contribution in [2.45, 2.75) is 13.5 Å². The number of hydrogen-bond donors (Lipinski definition) is 0. The maximum Gasteiger partial charge on any atom is 0.293 e. The molecule has 7 heteroatoms. The number of nitrogens with zero attached hydrogens (tertiary/aromatic N) is 5. The first-order chi connectivity index (χ1) is 10.5. The zero-order chi connectivity index (χ0) is 15.7. The van der Waals surface area contributed by atoms with Crippen LogP contribution in [0.4, 0.5) is 4.39 Å². The smallest absolute Gasteiger partial charge is 0.293 e. The van der Waals surface area contributed by atoms with Gasteiger partial charge in [-0.05, 0) is 30.7 Å². The second kappa shape index (κ2) is 5.51. The number of carbonyl (C=O) groups is 1. The summed E-state index contributed by atoms with van der Waals surface area (Å²) in [6.45, 7) is 2.21. The third kappa shape index (κ3) is 2.65. The maximum absolute atomic E-state index is 12.9. The fourth-order valence-corrected chi connectivity index (χ4v) is 2.10. The van der Waals surface area contributed by atoms with Crippen LogP contribution >= 0.6 is 0 Å². The summed E-state index contributed by atoms with van der Waals surface area (Å²) in [5.41, 5.74) is 1.67. The van der Waals surface area contributed by atoms with Crippen LogP contribution in [-0.2, 0) is 6.54 Å². The Balaban J connectivity index is 1.82. The molecular weight excluding hydrogens is 285 g/mol. The lowest BCUT2D eigenvalue weighted by Gasteiger charge is -2.15. The number of benzene rings is 1. The summed E-state index contributed by atoms with van der Waals surface area (Å²) in [6.07, 6.45) is 1.62. The predicted molar refractivity (Wildman–Crippen MR) is 77.7 cm³/mol. The highest BCUT2D eigenvalue weighted by atomic mass is 19.1. The summed E-state index contributed by atoms with van der Waals surface area (Å²) in [7, 11) is 1.65. The van der Waals surface area contributed by atoms with Crippen molar-refractivity contribution >= 4 is 11.7 Å². The average molecular weight is 299 g/mol. The highest BCUT2D eigenvalue weighted by Gasteiger charge is 2.18. The molecule has 0 unspecified atom stereocenters. The summed E-state index contributed by atoms with van der Waals surface area (Å²) in [5, 5.41) is 4.18. The molecule has 112 valence electrons. The van der Waals surface area contributed by atoms with Crippen LogP contribution in [-0.4, -0.2) is 37.4 Å². The average Bonchev–Trinajstić information content (AvgIpc) is 2.94. The number of halogens is 1. The van der Waals surface area contributed by atoms with Gasteiger partial charge in [-0.3, -0.25) is 4.79 Å². The fourth-order valence-electron chi connectivity index (χ4n) is 2.10. The topological polar surface area (TPSA) is 63.4 Å². The molecule has 0 aliphatic rings. The van der Waals surface area contributed by atoms with E-state index in [0.29, 0.717) is 12.3 Å². The Morgan fingerprint density at radius 2 is 2.00 bits per heavy atom. The molecule has 1 amide bonds. The van der Waals surface area contributed by atoms with E-state index in [2.05, 4.69) is 15.1 Å². The molecule has 0 aliphatic heterocycles. The van der Waals surface area contributed by atoms with E-state index in [1.807, 2.05) is 6.92 Å². The monoisotopic (exact) mass is 299 g/mol. The summed E-state index contributed by atoms with van der Waals surface area (Å²) < 4.78 is 14.4. The van der Waals surface area contributed by atoms with Crippen molar-refractivity contribution in [2.24, 2.45) is 0 Å². The zero-order valence-corrected chi connectivity index (χ0v) is 12.2. The third-order valence-corrected chi connectivity index (χ3v) is 3.30. The quantitative estimate of drug-likeness (QED) is 0.740. The zero-order valence-electron chi connectivity index (χ0n) is 12.2. The van der Waals surface area contributed by atoms with Crippen LogP contribution < -0.4 is 0 Å². The van der Waals surface area contributed by atoms with Gasteiger partial charge in [-0.25, -0.2) is 13.9 Å². The van der Waals surface area contributed by atoms with Crippen LogP contribution in [0.2, 0.25) is 0 Å². The van der Waals surface area contributed by atoms with Crippen molar-refractivity contribution in [1.29, 1.82) is 0 Å². The van der Waals surface area contributed by atoms with Crippen LogP contribution in [0.3, 0.4) is 0 Å². The first-order valence-corrected chi connectivity index (χ1v) is 6.73. The molecule has 0 bridgehead atoms. The van der Waals surface area contributed by atoms with Gasteiger partial charge in [0.1, 0.15) is 5.82 Å². The Bertz CT molecular complexity index is 828. The van der Waals surface area contributed by atoms with Gasteiger partial charge >= 0.3 is 0 Å². The number of carbonyl (C=O) groups excluding carboxylic acids is 1. The number of amides is 1. The molecule has 22 heavy (non-hydrogen) atoms. The molecular formula is C15H14FN5O. The molecule has 2 heterocycles. The molecule has 6 nitrogen and oxygen atoms in total. The van der Waals surface area contributed by atoms with Gasteiger partial charge in [-0.2, -0.15) is 4.98 Å². The summed E-state index contributed by atoms with van der Waals surface area (Å²) in [5.74, 6) is -0.138. The van der Waals surface area contributed by atoms with Crippen molar-refractivity contribution in [2.75, 3.05) is 7.05 Å². The molecule has 0 spiro atoms. The molecule has 0 fully saturated rings. The van der Waals surface area contributed by atoms with Gasteiger partial charge in [0.2, 0.25) is 5.82 Å². The van der Waals surface area contributed by atoms with Crippen molar-refractivity contribution in [3.05, 3.63) is 59.4 Å². The van der Waals surface area contributed by atoms with Crippen molar-refractivity contribution in [1.82, 2.24) is 24.5 Å². The Morgan fingerprint density at radius 1 is 1.27 bits per heavy atom. The Labute approximate surface area is 126 Å². The molecule has 0 aliphatic carbocycles. The second-order valence-electron chi connectivity index (χ2n) is 5.02. The molecule has 0 saturated heterocycles. The molecule has 2 aromatic heterocycles. The lowest BCUT2D eigenvalue weighted by molar-refractivity contribution is 0.0773. The molecule has 0 N–H and O–H groups in total. The van der Waals surface area contributed by atoms with Gasteiger partial charge in [0.05, 0.1) is 0 Å². The van der Waals surface area contributed by atoms with Crippen LogP contribution in [0, 0.1) is 12.7 Å². The van der Waals surface area contributed by atoms with Gasteiger partial charge in [0.15, 0.2) is 0 Å². The largest absolute Gasteiger partial charge is 0.335 e. The van der Waals surface area contributed by atoms with Crippen molar-refractivity contribution in [3.63, 3.8) is 0 Å². The van der Waals surface area contributed by atoms with E-state index in [9.17, 15) is 9.18 Å². The van der Waals surface area contributed by atoms with Gasteiger partial charge in [-0.1, -0.05) is 12.1 Å². The van der Waals surface area contributed by atoms with E-state index in [0.717, 1.165) is 11.3 Å². The van der Waals surface area contributed by atoms with E-state index in [1.165, 1.54) is 21.5 Å². The second-order valence-corrected chi connectivity index (χ2v) is 5.02. The van der Waals surface area contributed by atoms with Crippen LogP contribution in [0.5, 0.6) is 0 Å². The number of aryl methyl sites for hydroxylation is 1. The molecule has 3 aromatic rings. The van der Waals surface area contributed by atoms with E-state index >= 15 is 0 Å². The molecule has 0 saturated carbocycles. The van der Waals surface area contributed by atoms with Gasteiger partial charge in [-0.15, -0.1) is 5.10 Å². The molecule has 3 rings (SSSR count). The number of fused-ring (bicyclic) bond motifs is 1. The van der Waals surface area contributed by atoms with E-state index in [1.54, 1.807) is 31.4 Å². The summed E-state index contributed by atoms with van der Waals surface area (Å²) in [6, 6.07) is 7.80. The number of hydrogen-bond acceptors (Lipinski definition) is 4. The van der Waals surface area contributed by atoms with Gasteiger partial charge in [0.25, 0.3) is 11.7 Å². The summed E-state index contributed by atoms with van der Waals surface area (Å²) in [4.78, 5) is 22.1. The predicted octanol–water partition coefficient (Wildman–Crippen LogP) is 1.84. The Kier molecular flexibility index (Phi) is 3.54. The van der Waals surface area contributed by atoms with E-state index in [4.69, 9.17) is 0 Å². The Morgan fingerprint density at radius 3 is 2.68 bits per heavy atom. The maximum atomic E-state index is 12.9. The lowest BCUT2D eigenvalue weighted by Crippen LogP contribution is -2.27. The van der Waals surface area contributed by atoms with E-state index in [-0.39, 0.29) is 17.5 Å². The fraction of sp³-hybridized carbons (Fsp3) is 0.200. The SMILES string of the molecule is Cc1ccnc2nc(C(=O)N(C)Cc3ccc(F)cc3)nn12. The minimum absolute atomic E-state index is 0.0893. The normalized spacial score (nSPS) is 10.9. The number of rotatable bonds is 3. The highest BCUT2D eigenvalue weighted by Crippen LogP contribution is 2.09. The van der Waals surface area contributed by atoms with E-state index < -0.39 is 0 Å². The number of aromatic nitrogens is 4. The third-order valence-electron chi connectivity index (χ3n) is 3.30. The molecule has 0 radical (unpaired) electrons. The minimum atomic E-state index is -0.311. The lowest BCUT2D eigenvalue weighted by atomic mass is 10.2. The molecule has 1 aromatic carbocycles. The molecule has 0 atom stereocenters. The van der Waals surface area contributed by atoms with Crippen LogP contribution in [0.1, 0.15) is 21.9 Å². The van der Waals surface area contributed by atoms with Crippen molar-refractivity contribution in [3.8, 4) is 0 Å². The van der Waals surface area contributed by atoms with Gasteiger partial charge < -0.3 is 4.90 Å².